The van der Waals surface area contributed by atoms with E-state index in [9.17, 15) is 9.59 Å². The number of benzene rings is 1. The Balaban J connectivity index is 3.16. The van der Waals surface area contributed by atoms with Crippen molar-refractivity contribution in [3.63, 3.8) is 0 Å². The maximum Gasteiger partial charge on any atom is 0.226 e. The van der Waals surface area contributed by atoms with Gasteiger partial charge >= 0.3 is 0 Å². The molecular weight excluding hydrogens is 302 g/mol. The molecule has 0 spiro atoms. The Morgan fingerprint density at radius 2 is 1.79 bits per heavy atom. The van der Waals surface area contributed by atoms with Crippen LogP contribution in [0.4, 0.5) is 11.4 Å². The van der Waals surface area contributed by atoms with Gasteiger partial charge in [0.2, 0.25) is 11.8 Å². The predicted octanol–water partition coefficient (Wildman–Crippen LogP) is 3.49. The van der Waals surface area contributed by atoms with Gasteiger partial charge in [-0.15, -0.1) is 0 Å². The molecule has 1 rings (SSSR count). The summed E-state index contributed by atoms with van der Waals surface area (Å²) in [4.78, 5) is 27.9. The highest BCUT2D eigenvalue weighted by Crippen LogP contribution is 2.26. The summed E-state index contributed by atoms with van der Waals surface area (Å²) in [5, 5.41) is 2.93. The Labute approximate surface area is 146 Å². The smallest absolute Gasteiger partial charge is 0.226 e. The van der Waals surface area contributed by atoms with Gasteiger partial charge < -0.3 is 15.1 Å². The third kappa shape index (κ3) is 5.25. The molecule has 0 fully saturated rings. The molecule has 1 aromatic carbocycles. The van der Waals surface area contributed by atoms with Gasteiger partial charge in [0.05, 0.1) is 0 Å². The molecule has 0 aliphatic heterocycles. The lowest BCUT2D eigenvalue weighted by atomic mass is 10.1. The fraction of sp³-hybridized carbons (Fsp3) is 0.579. The topological polar surface area (TPSA) is 52.7 Å². The molecule has 2 amide bonds. The van der Waals surface area contributed by atoms with Crippen molar-refractivity contribution in [2.75, 3.05) is 24.3 Å². The number of carbonyl (C=O) groups is 2. The molecule has 0 aliphatic carbocycles. The summed E-state index contributed by atoms with van der Waals surface area (Å²) in [6.45, 7) is 10.00. The third-order valence-electron chi connectivity index (χ3n) is 4.22. The Kier molecular flexibility index (Phi) is 7.26. The van der Waals surface area contributed by atoms with Gasteiger partial charge in [-0.1, -0.05) is 20.8 Å². The predicted molar refractivity (Wildman–Crippen MR) is 100 cm³/mol. The van der Waals surface area contributed by atoms with Crippen LogP contribution in [0.25, 0.3) is 0 Å². The minimum atomic E-state index is -0.0733. The number of hydrogen-bond donors (Lipinski definition) is 1. The standard InChI is InChI=1S/C19H31N3O2/c1-8-14(4)22(15(5)23)12-16-11-17(20-19(24)13(2)3)9-10-18(16)21(6)7/h9-11,13-14H,8,12H2,1-7H3,(H,20,24). The molecule has 1 atom stereocenters. The van der Waals surface area contributed by atoms with Crippen LogP contribution in [0.2, 0.25) is 0 Å². The molecule has 5 nitrogen and oxygen atoms in total. The highest BCUT2D eigenvalue weighted by molar-refractivity contribution is 5.92. The number of carbonyl (C=O) groups excluding carboxylic acids is 2. The zero-order valence-corrected chi connectivity index (χ0v) is 16.0. The number of nitrogens with one attached hydrogen (secondary N) is 1. The van der Waals surface area contributed by atoms with Crippen molar-refractivity contribution < 1.29 is 9.59 Å². The molecule has 1 unspecified atom stereocenters. The van der Waals surface area contributed by atoms with Crippen LogP contribution in [0.1, 0.15) is 46.6 Å². The molecule has 1 aromatic rings. The average molecular weight is 333 g/mol. The molecule has 134 valence electrons. The zero-order valence-electron chi connectivity index (χ0n) is 16.0. The molecule has 0 bridgehead atoms. The lowest BCUT2D eigenvalue weighted by Gasteiger charge is -2.29. The summed E-state index contributed by atoms with van der Waals surface area (Å²) < 4.78 is 0. The van der Waals surface area contributed by atoms with E-state index in [1.54, 1.807) is 6.92 Å². The third-order valence-corrected chi connectivity index (χ3v) is 4.22. The summed E-state index contributed by atoms with van der Waals surface area (Å²) in [6.07, 6.45) is 0.903. The second kappa shape index (κ2) is 8.71. The van der Waals surface area contributed by atoms with Gasteiger partial charge in [-0.25, -0.2) is 0 Å². The number of nitrogens with zero attached hydrogens (tertiary/aromatic N) is 2. The first kappa shape index (κ1) is 20.0. The summed E-state index contributed by atoms with van der Waals surface area (Å²) in [5.41, 5.74) is 2.84. The molecule has 0 saturated heterocycles. The molecule has 5 heteroatoms. The van der Waals surface area contributed by atoms with E-state index < -0.39 is 0 Å². The van der Waals surface area contributed by atoms with Crippen molar-refractivity contribution in [1.29, 1.82) is 0 Å². The van der Waals surface area contributed by atoms with Crippen LogP contribution in [0, 0.1) is 5.92 Å². The first-order valence-corrected chi connectivity index (χ1v) is 8.55. The van der Waals surface area contributed by atoms with Gasteiger partial charge in [0.1, 0.15) is 0 Å². The van der Waals surface area contributed by atoms with Crippen molar-refractivity contribution in [3.05, 3.63) is 23.8 Å². The number of hydrogen-bond acceptors (Lipinski definition) is 3. The monoisotopic (exact) mass is 333 g/mol. The lowest BCUT2D eigenvalue weighted by Crippen LogP contribution is -2.36. The molecular formula is C19H31N3O2. The van der Waals surface area contributed by atoms with Gasteiger partial charge in [0, 0.05) is 50.9 Å². The van der Waals surface area contributed by atoms with Gasteiger partial charge in [-0.3, -0.25) is 9.59 Å². The van der Waals surface area contributed by atoms with E-state index in [2.05, 4.69) is 19.2 Å². The van der Waals surface area contributed by atoms with Crippen LogP contribution < -0.4 is 10.2 Å². The average Bonchev–Trinajstić information content (AvgIpc) is 2.51. The fourth-order valence-electron chi connectivity index (χ4n) is 2.49. The van der Waals surface area contributed by atoms with Gasteiger partial charge in [0.25, 0.3) is 0 Å². The van der Waals surface area contributed by atoms with Crippen molar-refractivity contribution in [1.82, 2.24) is 4.90 Å². The van der Waals surface area contributed by atoms with Crippen LogP contribution in [0.15, 0.2) is 18.2 Å². The van der Waals surface area contributed by atoms with E-state index in [1.165, 1.54) is 0 Å². The van der Waals surface area contributed by atoms with Gasteiger partial charge in [0.15, 0.2) is 0 Å². The second-order valence-corrected chi connectivity index (χ2v) is 6.79. The Morgan fingerprint density at radius 3 is 2.25 bits per heavy atom. The van der Waals surface area contributed by atoms with E-state index in [-0.39, 0.29) is 23.8 Å². The quantitative estimate of drug-likeness (QED) is 0.831. The fourth-order valence-corrected chi connectivity index (χ4v) is 2.49. The largest absolute Gasteiger partial charge is 0.377 e. The van der Waals surface area contributed by atoms with E-state index >= 15 is 0 Å². The van der Waals surface area contributed by atoms with Crippen molar-refractivity contribution in [2.45, 2.75) is 53.6 Å². The molecule has 0 saturated carbocycles. The molecule has 0 aliphatic rings. The van der Waals surface area contributed by atoms with Crippen LogP contribution in [-0.2, 0) is 16.1 Å². The van der Waals surface area contributed by atoms with Crippen LogP contribution in [0.3, 0.4) is 0 Å². The van der Waals surface area contributed by atoms with Crippen molar-refractivity contribution >= 4 is 23.2 Å². The first-order chi connectivity index (χ1) is 11.2. The van der Waals surface area contributed by atoms with E-state index in [1.807, 2.05) is 55.9 Å². The molecule has 0 aromatic heterocycles. The van der Waals surface area contributed by atoms with Crippen molar-refractivity contribution in [3.8, 4) is 0 Å². The maximum absolute atomic E-state index is 12.0. The van der Waals surface area contributed by atoms with Crippen LogP contribution in [-0.4, -0.2) is 36.9 Å². The molecule has 0 radical (unpaired) electrons. The lowest BCUT2D eigenvalue weighted by molar-refractivity contribution is -0.131. The van der Waals surface area contributed by atoms with E-state index in [4.69, 9.17) is 0 Å². The van der Waals surface area contributed by atoms with Gasteiger partial charge in [-0.05, 0) is 37.1 Å². The maximum atomic E-state index is 12.0. The van der Waals surface area contributed by atoms with Crippen LogP contribution >= 0.6 is 0 Å². The first-order valence-electron chi connectivity index (χ1n) is 8.55. The minimum Gasteiger partial charge on any atom is -0.377 e. The molecule has 24 heavy (non-hydrogen) atoms. The summed E-state index contributed by atoms with van der Waals surface area (Å²) in [5.74, 6) is -0.0228. The summed E-state index contributed by atoms with van der Waals surface area (Å²) >= 11 is 0. The number of rotatable bonds is 7. The van der Waals surface area contributed by atoms with E-state index in [0.29, 0.717) is 6.54 Å². The number of anilines is 2. The van der Waals surface area contributed by atoms with E-state index in [0.717, 1.165) is 23.4 Å². The van der Waals surface area contributed by atoms with Crippen LogP contribution in [0.5, 0.6) is 0 Å². The highest BCUT2D eigenvalue weighted by Gasteiger charge is 2.18. The zero-order chi connectivity index (χ0) is 18.4. The molecule has 1 N–H and O–H groups in total. The SMILES string of the molecule is CCC(C)N(Cc1cc(NC(=O)C(C)C)ccc1N(C)C)C(C)=O. The highest BCUT2D eigenvalue weighted by atomic mass is 16.2. The Hall–Kier alpha value is -2.04. The minimum absolute atomic E-state index is 0.0103. The second-order valence-electron chi connectivity index (χ2n) is 6.79. The Bertz CT molecular complexity index is 582. The number of amides is 2. The summed E-state index contributed by atoms with van der Waals surface area (Å²) in [7, 11) is 3.96. The Morgan fingerprint density at radius 1 is 1.17 bits per heavy atom. The van der Waals surface area contributed by atoms with Crippen molar-refractivity contribution in [2.24, 2.45) is 5.92 Å². The van der Waals surface area contributed by atoms with Gasteiger partial charge in [-0.2, -0.15) is 0 Å². The summed E-state index contributed by atoms with van der Waals surface area (Å²) in [6, 6.07) is 6.03. The normalized spacial score (nSPS) is 12.0. The molecule has 0 heterocycles.